The second kappa shape index (κ2) is 12.7. The van der Waals surface area contributed by atoms with Crippen molar-refractivity contribution in [3.63, 3.8) is 0 Å². The van der Waals surface area contributed by atoms with Gasteiger partial charge in [-0.1, -0.05) is 81.8 Å². The lowest BCUT2D eigenvalue weighted by Crippen LogP contribution is -2.13. The number of amides is 2. The molecule has 198 valence electrons. The van der Waals surface area contributed by atoms with E-state index < -0.39 is 0 Å². The maximum absolute atomic E-state index is 12.6. The molecule has 0 spiro atoms. The number of rotatable bonds is 9. The van der Waals surface area contributed by atoms with E-state index in [9.17, 15) is 9.59 Å². The number of anilines is 2. The molecule has 5 aromatic rings. The van der Waals surface area contributed by atoms with Crippen molar-refractivity contribution in [1.29, 1.82) is 0 Å². The minimum Gasteiger partial charge on any atom is -0.322 e. The fourth-order valence-electron chi connectivity index (χ4n) is 3.41. The van der Waals surface area contributed by atoms with Crippen molar-refractivity contribution in [2.24, 2.45) is 0 Å². The summed E-state index contributed by atoms with van der Waals surface area (Å²) in [5.41, 5.74) is 4.15. The van der Waals surface area contributed by atoms with E-state index in [1.54, 1.807) is 12.1 Å². The van der Waals surface area contributed by atoms with Crippen molar-refractivity contribution in [3.8, 4) is 0 Å². The van der Waals surface area contributed by atoms with E-state index in [1.165, 1.54) is 46.2 Å². The Morgan fingerprint density at radius 3 is 2.59 bits per heavy atom. The summed E-state index contributed by atoms with van der Waals surface area (Å²) in [7, 11) is 0. The second-order valence-corrected chi connectivity index (χ2v) is 13.5. The molecular weight excluding hydrogens is 613 g/mol. The third-order valence-corrected chi connectivity index (χ3v) is 10.2. The van der Waals surface area contributed by atoms with Crippen LogP contribution in [0.2, 0.25) is 10.0 Å². The standard InChI is InChI=1S/C26H19Cl2N5O2S4/c1-14-3-2-4-16(9-14)23(35)29-17-6-8-20-21(11-17)38-25(30-20)37-13-22(34)31-24-32-33-26(39-24)36-12-15-5-7-18(27)19(28)10-15/h2-11H,12-13H2,1H3,(H,29,35)(H,31,32,34). The quantitative estimate of drug-likeness (QED) is 0.125. The first-order valence-electron chi connectivity index (χ1n) is 11.4. The summed E-state index contributed by atoms with van der Waals surface area (Å²) >= 11 is 17.7. The molecule has 0 saturated carbocycles. The second-order valence-electron chi connectivity index (χ2n) is 8.23. The average molecular weight is 633 g/mol. The summed E-state index contributed by atoms with van der Waals surface area (Å²) in [6.07, 6.45) is 0. The number of carbonyl (C=O) groups excluding carboxylic acids is 2. The number of aryl methyl sites for hydroxylation is 1. The molecule has 5 rings (SSSR count). The number of hydrogen-bond donors (Lipinski definition) is 2. The number of nitrogens with zero attached hydrogens (tertiary/aromatic N) is 3. The lowest BCUT2D eigenvalue weighted by molar-refractivity contribution is -0.113. The number of carbonyl (C=O) groups is 2. The summed E-state index contributed by atoms with van der Waals surface area (Å²) in [6.45, 7) is 1.95. The number of thioether (sulfide) groups is 2. The van der Waals surface area contributed by atoms with Gasteiger partial charge in [0.1, 0.15) is 0 Å². The number of thiazole rings is 1. The Morgan fingerprint density at radius 2 is 1.77 bits per heavy atom. The van der Waals surface area contributed by atoms with E-state index in [4.69, 9.17) is 23.2 Å². The topological polar surface area (TPSA) is 96.9 Å². The summed E-state index contributed by atoms with van der Waals surface area (Å²) < 4.78 is 2.42. The molecule has 0 unspecified atom stereocenters. The largest absolute Gasteiger partial charge is 0.322 e. The fraction of sp³-hybridized carbons (Fsp3) is 0.115. The van der Waals surface area contributed by atoms with Gasteiger partial charge in [0.25, 0.3) is 5.91 Å². The minimum atomic E-state index is -0.192. The minimum absolute atomic E-state index is 0.165. The van der Waals surface area contributed by atoms with Crippen LogP contribution in [0.5, 0.6) is 0 Å². The molecule has 0 saturated heterocycles. The predicted octanol–water partition coefficient (Wildman–Crippen LogP) is 8.04. The molecule has 2 aromatic heterocycles. The summed E-state index contributed by atoms with van der Waals surface area (Å²) in [5, 5.41) is 15.4. The van der Waals surface area contributed by atoms with Crippen LogP contribution < -0.4 is 10.6 Å². The van der Waals surface area contributed by atoms with Gasteiger partial charge < -0.3 is 5.32 Å². The van der Waals surface area contributed by atoms with Crippen LogP contribution in [0.1, 0.15) is 21.5 Å². The smallest absolute Gasteiger partial charge is 0.255 e. The molecule has 0 bridgehead atoms. The maximum Gasteiger partial charge on any atom is 0.255 e. The van der Waals surface area contributed by atoms with Gasteiger partial charge in [-0.3, -0.25) is 14.9 Å². The molecule has 0 atom stereocenters. The third kappa shape index (κ3) is 7.50. The monoisotopic (exact) mass is 631 g/mol. The van der Waals surface area contributed by atoms with Gasteiger partial charge in [0, 0.05) is 17.0 Å². The molecule has 0 aliphatic heterocycles. The molecule has 0 aliphatic carbocycles. The normalized spacial score (nSPS) is 11.1. The van der Waals surface area contributed by atoms with Crippen LogP contribution in [0, 0.1) is 6.92 Å². The van der Waals surface area contributed by atoms with Gasteiger partial charge >= 0.3 is 0 Å². The molecule has 13 heteroatoms. The lowest BCUT2D eigenvalue weighted by Gasteiger charge is -2.05. The molecule has 2 N–H and O–H groups in total. The van der Waals surface area contributed by atoms with Gasteiger partial charge in [0.2, 0.25) is 11.0 Å². The molecule has 0 radical (unpaired) electrons. The predicted molar refractivity (Wildman–Crippen MR) is 164 cm³/mol. The van der Waals surface area contributed by atoms with Crippen LogP contribution >= 0.6 is 69.4 Å². The zero-order chi connectivity index (χ0) is 27.4. The fourth-order valence-corrected chi connectivity index (χ4v) is 7.35. The van der Waals surface area contributed by atoms with E-state index in [2.05, 4.69) is 25.8 Å². The van der Waals surface area contributed by atoms with Crippen molar-refractivity contribution in [1.82, 2.24) is 15.2 Å². The molecule has 0 aliphatic rings. The van der Waals surface area contributed by atoms with Gasteiger partial charge in [0.05, 0.1) is 26.0 Å². The number of benzene rings is 3. The van der Waals surface area contributed by atoms with Gasteiger partial charge in [-0.2, -0.15) is 0 Å². The van der Waals surface area contributed by atoms with E-state index in [1.807, 2.05) is 55.5 Å². The Balaban J connectivity index is 1.12. The highest BCUT2D eigenvalue weighted by Crippen LogP contribution is 2.33. The van der Waals surface area contributed by atoms with Crippen LogP contribution in [0.4, 0.5) is 10.8 Å². The highest BCUT2D eigenvalue weighted by molar-refractivity contribution is 8.01. The molecule has 2 amide bonds. The Morgan fingerprint density at radius 1 is 0.897 bits per heavy atom. The van der Waals surface area contributed by atoms with Crippen molar-refractivity contribution in [3.05, 3.63) is 87.4 Å². The van der Waals surface area contributed by atoms with Crippen LogP contribution in [-0.4, -0.2) is 32.7 Å². The average Bonchev–Trinajstić information content (AvgIpc) is 3.54. The van der Waals surface area contributed by atoms with Crippen LogP contribution in [-0.2, 0) is 10.5 Å². The van der Waals surface area contributed by atoms with Crippen molar-refractivity contribution in [2.75, 3.05) is 16.4 Å². The van der Waals surface area contributed by atoms with Gasteiger partial charge in [-0.15, -0.1) is 21.5 Å². The SMILES string of the molecule is Cc1cccc(C(=O)Nc2ccc3nc(SCC(=O)Nc4nnc(SCc5ccc(Cl)c(Cl)c5)s4)sc3c2)c1. The highest BCUT2D eigenvalue weighted by atomic mass is 35.5. The number of halogens is 2. The molecule has 39 heavy (non-hydrogen) atoms. The number of nitrogens with one attached hydrogen (secondary N) is 2. The Labute approximate surface area is 250 Å². The molecule has 0 fully saturated rings. The van der Waals surface area contributed by atoms with Gasteiger partial charge in [-0.05, 0) is 55.0 Å². The van der Waals surface area contributed by atoms with Crippen molar-refractivity contribution < 1.29 is 9.59 Å². The van der Waals surface area contributed by atoms with Crippen molar-refractivity contribution in [2.45, 2.75) is 21.4 Å². The van der Waals surface area contributed by atoms with Gasteiger partial charge in [0.15, 0.2) is 8.68 Å². The zero-order valence-electron chi connectivity index (χ0n) is 20.2. The molecule has 7 nitrogen and oxygen atoms in total. The number of fused-ring (bicyclic) bond motifs is 1. The molecule has 2 heterocycles. The first kappa shape index (κ1) is 27.9. The highest BCUT2D eigenvalue weighted by Gasteiger charge is 2.13. The Hall–Kier alpha value is -2.67. The number of aromatic nitrogens is 3. The van der Waals surface area contributed by atoms with E-state index in [-0.39, 0.29) is 17.6 Å². The van der Waals surface area contributed by atoms with E-state index >= 15 is 0 Å². The summed E-state index contributed by atoms with van der Waals surface area (Å²) in [4.78, 5) is 29.7. The van der Waals surface area contributed by atoms with Crippen LogP contribution in [0.3, 0.4) is 0 Å². The first-order chi connectivity index (χ1) is 18.8. The molecular formula is C26H19Cl2N5O2S4. The van der Waals surface area contributed by atoms with Crippen LogP contribution in [0.15, 0.2) is 69.3 Å². The van der Waals surface area contributed by atoms with Crippen LogP contribution in [0.25, 0.3) is 10.2 Å². The first-order valence-corrected chi connectivity index (χ1v) is 15.8. The zero-order valence-corrected chi connectivity index (χ0v) is 25.0. The summed E-state index contributed by atoms with van der Waals surface area (Å²) in [5.74, 6) is 0.482. The maximum atomic E-state index is 12.6. The van der Waals surface area contributed by atoms with E-state index in [0.717, 1.165) is 30.0 Å². The third-order valence-electron chi connectivity index (χ3n) is 5.23. The van der Waals surface area contributed by atoms with E-state index in [0.29, 0.717) is 32.2 Å². The van der Waals surface area contributed by atoms with Crippen molar-refractivity contribution >= 4 is 102 Å². The number of hydrogen-bond acceptors (Lipinski definition) is 9. The summed E-state index contributed by atoms with van der Waals surface area (Å²) in [6, 6.07) is 18.5. The lowest BCUT2D eigenvalue weighted by atomic mass is 10.1. The molecule has 3 aromatic carbocycles. The Bertz CT molecular complexity index is 1670. The van der Waals surface area contributed by atoms with Gasteiger partial charge in [-0.25, -0.2) is 4.98 Å². The Kier molecular flexibility index (Phi) is 9.06.